The molecule has 2 heterocycles. The topological polar surface area (TPSA) is 0 Å². The Kier molecular flexibility index (Phi) is 3.53. The maximum Gasteiger partial charge on any atom is 0.234 e. The molecule has 26 heavy (non-hydrogen) atoms. The molecular weight excluding hydrogens is 310 g/mol. The lowest BCUT2D eigenvalue weighted by Crippen LogP contribution is -2.43. The van der Waals surface area contributed by atoms with E-state index in [1.165, 1.54) is 44.1 Å². The summed E-state index contributed by atoms with van der Waals surface area (Å²) in [6, 6.07) is 22.6. The third-order valence-corrected chi connectivity index (χ3v) is 5.81. The van der Waals surface area contributed by atoms with Crippen molar-refractivity contribution in [3.8, 4) is 0 Å². The monoisotopic (exact) mass is 330 g/mol. The van der Waals surface area contributed by atoms with Gasteiger partial charge in [0.25, 0.3) is 0 Å². The normalized spacial score (nSPS) is 14.1. The fourth-order valence-electron chi connectivity index (χ4n) is 4.31. The first kappa shape index (κ1) is 15.5. The van der Waals surface area contributed by atoms with Gasteiger partial charge in [0.05, 0.1) is 0 Å². The molecule has 0 nitrogen and oxygen atoms in total. The van der Waals surface area contributed by atoms with Crippen LogP contribution in [0.3, 0.4) is 0 Å². The van der Waals surface area contributed by atoms with Crippen LogP contribution in [-0.2, 0) is 0 Å². The van der Waals surface area contributed by atoms with Crippen molar-refractivity contribution < 1.29 is 0 Å². The molecule has 0 aliphatic carbocycles. The molecule has 0 unspecified atom stereocenters. The van der Waals surface area contributed by atoms with E-state index in [-0.39, 0.29) is 0 Å². The lowest BCUT2D eigenvalue weighted by Gasteiger charge is -2.14. The van der Waals surface area contributed by atoms with Crippen molar-refractivity contribution in [3.63, 3.8) is 0 Å². The van der Waals surface area contributed by atoms with E-state index in [2.05, 4.69) is 98.6 Å². The van der Waals surface area contributed by atoms with E-state index in [0.717, 1.165) is 0 Å². The lowest BCUT2D eigenvalue weighted by molar-refractivity contribution is 1.49. The van der Waals surface area contributed by atoms with E-state index >= 15 is 0 Å². The summed E-state index contributed by atoms with van der Waals surface area (Å²) in [6.07, 6.45) is 4.64. The Labute approximate surface area is 156 Å². The van der Waals surface area contributed by atoms with Gasteiger partial charge in [-0.2, -0.15) is 0 Å². The molecule has 2 heteroatoms. The molecule has 0 spiro atoms. The standard InChI is InChI=1S/C24H20B2/c1-17-3-7-19(8-4-17)25-15-13-21-22-14-16-26(24(22)12-11-23(21)25)20-9-5-18(2)6-10-20/h3-16H,1-2H3. The largest absolute Gasteiger partial charge is 0.234 e. The second kappa shape index (κ2) is 5.92. The molecule has 0 aromatic heterocycles. The minimum atomic E-state index is 0.378. The van der Waals surface area contributed by atoms with Gasteiger partial charge >= 0.3 is 0 Å². The molecule has 3 aromatic carbocycles. The third kappa shape index (κ3) is 2.41. The summed E-state index contributed by atoms with van der Waals surface area (Å²) in [5.74, 6) is 4.70. The maximum atomic E-state index is 2.35. The Morgan fingerprint density at radius 1 is 0.500 bits per heavy atom. The van der Waals surface area contributed by atoms with Gasteiger partial charge in [-0.05, 0) is 25.0 Å². The molecule has 5 rings (SSSR count). The van der Waals surface area contributed by atoms with Gasteiger partial charge < -0.3 is 0 Å². The van der Waals surface area contributed by atoms with E-state index < -0.39 is 0 Å². The van der Waals surface area contributed by atoms with Crippen LogP contribution >= 0.6 is 0 Å². The molecule has 0 amide bonds. The Morgan fingerprint density at radius 3 is 1.27 bits per heavy atom. The number of hydrogen-bond acceptors (Lipinski definition) is 0. The van der Waals surface area contributed by atoms with Crippen molar-refractivity contribution in [1.29, 1.82) is 0 Å². The molecule has 122 valence electrons. The highest BCUT2D eigenvalue weighted by Crippen LogP contribution is 2.20. The number of benzene rings is 3. The average Bonchev–Trinajstić information content (AvgIpc) is 3.27. The summed E-state index contributed by atoms with van der Waals surface area (Å²) in [5, 5.41) is 0. The van der Waals surface area contributed by atoms with Crippen molar-refractivity contribution in [2.75, 3.05) is 0 Å². The minimum absolute atomic E-state index is 0.378. The Hall–Kier alpha value is -2.73. The van der Waals surface area contributed by atoms with Crippen LogP contribution in [0.25, 0.3) is 12.2 Å². The number of aryl methyl sites for hydroxylation is 2. The van der Waals surface area contributed by atoms with E-state index in [1.807, 2.05) is 0 Å². The Morgan fingerprint density at radius 2 is 0.885 bits per heavy atom. The minimum Gasteiger partial charge on any atom is -0.105 e. The lowest BCUT2D eigenvalue weighted by atomic mass is 9.40. The van der Waals surface area contributed by atoms with Crippen LogP contribution < -0.4 is 21.9 Å². The van der Waals surface area contributed by atoms with Crippen molar-refractivity contribution in [3.05, 3.63) is 94.9 Å². The summed E-state index contributed by atoms with van der Waals surface area (Å²) >= 11 is 0. The van der Waals surface area contributed by atoms with E-state index in [9.17, 15) is 0 Å². The van der Waals surface area contributed by atoms with Crippen molar-refractivity contribution in [2.24, 2.45) is 0 Å². The highest BCUT2D eigenvalue weighted by atomic mass is 14.1. The molecule has 2 aliphatic heterocycles. The van der Waals surface area contributed by atoms with Crippen LogP contribution in [0.4, 0.5) is 0 Å². The first-order valence-corrected chi connectivity index (χ1v) is 9.37. The van der Waals surface area contributed by atoms with Gasteiger partial charge in [-0.25, -0.2) is 0 Å². The van der Waals surface area contributed by atoms with Gasteiger partial charge in [-0.1, -0.05) is 106 Å². The van der Waals surface area contributed by atoms with E-state index in [1.54, 1.807) is 0 Å². The van der Waals surface area contributed by atoms with Crippen LogP contribution in [0.1, 0.15) is 22.3 Å². The van der Waals surface area contributed by atoms with Crippen LogP contribution in [0.5, 0.6) is 0 Å². The Balaban J connectivity index is 1.55. The molecular formula is C24H20B2. The predicted molar refractivity (Wildman–Crippen MR) is 117 cm³/mol. The molecule has 0 atom stereocenters. The van der Waals surface area contributed by atoms with Gasteiger partial charge in [0.15, 0.2) is 0 Å². The zero-order chi connectivity index (χ0) is 17.7. The smallest absolute Gasteiger partial charge is 0.105 e. The molecule has 3 aromatic rings. The second-order valence-corrected chi connectivity index (χ2v) is 7.57. The maximum absolute atomic E-state index is 2.35. The van der Waals surface area contributed by atoms with Gasteiger partial charge in [-0.3, -0.25) is 0 Å². The summed E-state index contributed by atoms with van der Waals surface area (Å²) in [4.78, 5) is 0. The van der Waals surface area contributed by atoms with Crippen molar-refractivity contribution in [2.45, 2.75) is 13.8 Å². The molecule has 0 N–H and O–H groups in total. The predicted octanol–water partition coefficient (Wildman–Crippen LogP) is 2.65. The fraction of sp³-hybridized carbons (Fsp3) is 0.0833. The van der Waals surface area contributed by atoms with Gasteiger partial charge in [-0.15, -0.1) is 12.0 Å². The van der Waals surface area contributed by atoms with Crippen molar-refractivity contribution in [1.82, 2.24) is 0 Å². The van der Waals surface area contributed by atoms with Crippen LogP contribution in [0, 0.1) is 13.8 Å². The molecule has 0 fully saturated rings. The van der Waals surface area contributed by atoms with Crippen LogP contribution in [0.15, 0.2) is 72.6 Å². The molecule has 0 radical (unpaired) electrons. The summed E-state index contributed by atoms with van der Waals surface area (Å²) in [5.41, 5.74) is 11.1. The zero-order valence-electron chi connectivity index (χ0n) is 15.2. The van der Waals surface area contributed by atoms with E-state index in [4.69, 9.17) is 0 Å². The SMILES string of the molecule is Cc1ccc(B2C=Cc3c2ccc2c3C=CB2c2ccc(C)cc2)cc1. The van der Waals surface area contributed by atoms with Gasteiger partial charge in [0.2, 0.25) is 13.4 Å². The third-order valence-electron chi connectivity index (χ3n) is 5.81. The first-order chi connectivity index (χ1) is 12.7. The molecule has 0 saturated carbocycles. The number of rotatable bonds is 2. The quantitative estimate of drug-likeness (QED) is 0.634. The summed E-state index contributed by atoms with van der Waals surface area (Å²) < 4.78 is 0. The highest BCUT2D eigenvalue weighted by molar-refractivity contribution is 6.93. The molecule has 2 aliphatic rings. The molecule has 0 saturated heterocycles. The Bertz CT molecular complexity index is 954. The summed E-state index contributed by atoms with van der Waals surface area (Å²) in [7, 11) is 0. The number of hydrogen-bond donors (Lipinski definition) is 0. The summed E-state index contributed by atoms with van der Waals surface area (Å²) in [6.45, 7) is 5.04. The van der Waals surface area contributed by atoms with Gasteiger partial charge in [0.1, 0.15) is 0 Å². The van der Waals surface area contributed by atoms with E-state index in [0.29, 0.717) is 13.4 Å². The van der Waals surface area contributed by atoms with Crippen LogP contribution in [-0.4, -0.2) is 13.4 Å². The fourth-order valence-corrected chi connectivity index (χ4v) is 4.31. The zero-order valence-corrected chi connectivity index (χ0v) is 15.2. The van der Waals surface area contributed by atoms with Crippen molar-refractivity contribution >= 4 is 47.4 Å². The van der Waals surface area contributed by atoms with Crippen LogP contribution in [0.2, 0.25) is 0 Å². The van der Waals surface area contributed by atoms with Gasteiger partial charge in [0, 0.05) is 0 Å². The average molecular weight is 330 g/mol. The highest BCUT2D eigenvalue weighted by Gasteiger charge is 2.30. The first-order valence-electron chi connectivity index (χ1n) is 9.37. The number of fused-ring (bicyclic) bond motifs is 3. The molecule has 0 bridgehead atoms. The second-order valence-electron chi connectivity index (χ2n) is 7.57.